The average molecular weight is 181 g/mol. The number of nitrogens with zero attached hydrogens (tertiary/aromatic N) is 2. The van der Waals surface area contributed by atoms with Crippen molar-refractivity contribution >= 4 is 5.91 Å². The zero-order valence-electron chi connectivity index (χ0n) is 7.36. The number of hydrogen-bond acceptors (Lipinski definition) is 4. The molecule has 2 heterocycles. The molecule has 1 amide bonds. The van der Waals surface area contributed by atoms with Gasteiger partial charge in [-0.25, -0.2) is 0 Å². The van der Waals surface area contributed by atoms with Crippen molar-refractivity contribution in [2.75, 3.05) is 13.1 Å². The fraction of sp³-hybridized carbons (Fsp3) is 0.500. The van der Waals surface area contributed by atoms with Gasteiger partial charge in [0.25, 0.3) is 5.91 Å². The van der Waals surface area contributed by atoms with E-state index in [2.05, 4.69) is 9.68 Å². The zero-order chi connectivity index (χ0) is 9.42. The number of carbonyl (C=O) groups excluding carboxylic acids is 1. The third-order valence-electron chi connectivity index (χ3n) is 2.18. The Bertz CT molecular complexity index is 328. The maximum atomic E-state index is 11.6. The molecule has 1 saturated heterocycles. The second-order valence-electron chi connectivity index (χ2n) is 3.28. The first-order valence-electron chi connectivity index (χ1n) is 4.14. The molecular formula is C8H11N3O2. The fourth-order valence-electron chi connectivity index (χ4n) is 1.35. The first-order chi connectivity index (χ1) is 6.18. The summed E-state index contributed by atoms with van der Waals surface area (Å²) in [4.78, 5) is 13.3. The average Bonchev–Trinajstić information content (AvgIpc) is 2.44. The van der Waals surface area contributed by atoms with Crippen molar-refractivity contribution < 1.29 is 9.32 Å². The van der Waals surface area contributed by atoms with Gasteiger partial charge in [0, 0.05) is 19.1 Å². The SMILES string of the molecule is Cc1nocc1C(=O)N1CC(N)C1. The quantitative estimate of drug-likeness (QED) is 0.649. The maximum absolute atomic E-state index is 11.6. The monoisotopic (exact) mass is 181 g/mol. The molecular weight excluding hydrogens is 170 g/mol. The Kier molecular flexibility index (Phi) is 1.81. The van der Waals surface area contributed by atoms with Crippen LogP contribution in [0.25, 0.3) is 0 Å². The van der Waals surface area contributed by atoms with E-state index in [1.54, 1.807) is 11.8 Å². The molecule has 1 aromatic rings. The van der Waals surface area contributed by atoms with E-state index in [-0.39, 0.29) is 11.9 Å². The van der Waals surface area contributed by atoms with Crippen LogP contribution in [0.3, 0.4) is 0 Å². The first kappa shape index (κ1) is 8.25. The zero-order valence-corrected chi connectivity index (χ0v) is 7.36. The highest BCUT2D eigenvalue weighted by Crippen LogP contribution is 2.14. The molecule has 2 rings (SSSR count). The number of aromatic nitrogens is 1. The maximum Gasteiger partial charge on any atom is 0.259 e. The number of likely N-dealkylation sites (tertiary alicyclic amines) is 1. The lowest BCUT2D eigenvalue weighted by atomic mass is 10.1. The molecule has 5 heteroatoms. The Hall–Kier alpha value is -1.36. The number of rotatable bonds is 1. The van der Waals surface area contributed by atoms with E-state index >= 15 is 0 Å². The normalized spacial score (nSPS) is 17.2. The topological polar surface area (TPSA) is 72.4 Å². The molecule has 0 spiro atoms. The molecule has 0 aromatic carbocycles. The van der Waals surface area contributed by atoms with Crippen molar-refractivity contribution in [3.05, 3.63) is 17.5 Å². The smallest absolute Gasteiger partial charge is 0.259 e. The van der Waals surface area contributed by atoms with Gasteiger partial charge in [-0.05, 0) is 6.92 Å². The second-order valence-corrected chi connectivity index (χ2v) is 3.28. The molecule has 0 bridgehead atoms. The van der Waals surface area contributed by atoms with E-state index in [9.17, 15) is 4.79 Å². The molecule has 13 heavy (non-hydrogen) atoms. The third-order valence-corrected chi connectivity index (χ3v) is 2.18. The van der Waals surface area contributed by atoms with Gasteiger partial charge in [-0.2, -0.15) is 0 Å². The molecule has 0 atom stereocenters. The highest BCUT2D eigenvalue weighted by molar-refractivity contribution is 5.95. The van der Waals surface area contributed by atoms with Gasteiger partial charge in [-0.15, -0.1) is 0 Å². The molecule has 1 fully saturated rings. The van der Waals surface area contributed by atoms with Crippen LogP contribution in [0.15, 0.2) is 10.8 Å². The summed E-state index contributed by atoms with van der Waals surface area (Å²) in [5.74, 6) is -0.0412. The number of aryl methyl sites for hydroxylation is 1. The lowest BCUT2D eigenvalue weighted by Crippen LogP contribution is -2.57. The van der Waals surface area contributed by atoms with Gasteiger partial charge in [0.1, 0.15) is 11.8 Å². The van der Waals surface area contributed by atoms with Crippen molar-refractivity contribution in [1.82, 2.24) is 10.1 Å². The molecule has 5 nitrogen and oxygen atoms in total. The van der Waals surface area contributed by atoms with Gasteiger partial charge in [-0.1, -0.05) is 5.16 Å². The molecule has 1 aromatic heterocycles. The van der Waals surface area contributed by atoms with Crippen LogP contribution in [0.5, 0.6) is 0 Å². The molecule has 0 saturated carbocycles. The second kappa shape index (κ2) is 2.85. The van der Waals surface area contributed by atoms with Crippen molar-refractivity contribution in [3.8, 4) is 0 Å². The highest BCUT2D eigenvalue weighted by atomic mass is 16.5. The molecule has 0 unspecified atom stereocenters. The van der Waals surface area contributed by atoms with E-state index in [1.807, 2.05) is 0 Å². The lowest BCUT2D eigenvalue weighted by molar-refractivity contribution is 0.0606. The minimum Gasteiger partial charge on any atom is -0.364 e. The number of amides is 1. The van der Waals surface area contributed by atoms with E-state index in [0.717, 1.165) is 0 Å². The van der Waals surface area contributed by atoms with Crippen molar-refractivity contribution in [2.45, 2.75) is 13.0 Å². The predicted octanol–water partition coefficient (Wildman–Crippen LogP) is -0.234. The third kappa shape index (κ3) is 1.31. The largest absolute Gasteiger partial charge is 0.364 e. The molecule has 0 radical (unpaired) electrons. The highest BCUT2D eigenvalue weighted by Gasteiger charge is 2.30. The molecule has 1 aliphatic heterocycles. The minimum absolute atomic E-state index is 0.0412. The van der Waals surface area contributed by atoms with Crippen LogP contribution in [-0.4, -0.2) is 35.1 Å². The molecule has 2 N–H and O–H groups in total. The van der Waals surface area contributed by atoms with Crippen molar-refractivity contribution in [1.29, 1.82) is 0 Å². The summed E-state index contributed by atoms with van der Waals surface area (Å²) >= 11 is 0. The first-order valence-corrected chi connectivity index (χ1v) is 4.14. The van der Waals surface area contributed by atoms with Crippen LogP contribution in [-0.2, 0) is 0 Å². The summed E-state index contributed by atoms with van der Waals surface area (Å²) in [5.41, 5.74) is 6.73. The van der Waals surface area contributed by atoms with Gasteiger partial charge in [-0.3, -0.25) is 4.79 Å². The Morgan fingerprint density at radius 2 is 2.46 bits per heavy atom. The Labute approximate surface area is 75.5 Å². The fourth-order valence-corrected chi connectivity index (χ4v) is 1.35. The van der Waals surface area contributed by atoms with Gasteiger partial charge in [0.05, 0.1) is 5.69 Å². The van der Waals surface area contributed by atoms with Crippen LogP contribution in [0, 0.1) is 6.92 Å². The summed E-state index contributed by atoms with van der Waals surface area (Å²) in [7, 11) is 0. The van der Waals surface area contributed by atoms with Gasteiger partial charge >= 0.3 is 0 Å². The van der Waals surface area contributed by atoms with Crippen LogP contribution >= 0.6 is 0 Å². The van der Waals surface area contributed by atoms with E-state index in [1.165, 1.54) is 6.26 Å². The minimum atomic E-state index is -0.0412. The Balaban J connectivity index is 2.10. The summed E-state index contributed by atoms with van der Waals surface area (Å²) in [6, 6.07) is 0.129. The van der Waals surface area contributed by atoms with Crippen molar-refractivity contribution in [3.63, 3.8) is 0 Å². The van der Waals surface area contributed by atoms with Crippen LogP contribution in [0.1, 0.15) is 16.1 Å². The summed E-state index contributed by atoms with van der Waals surface area (Å²) < 4.78 is 4.68. The molecule has 70 valence electrons. The molecule has 1 aliphatic rings. The summed E-state index contributed by atoms with van der Waals surface area (Å²) in [5, 5.41) is 3.64. The number of nitrogens with two attached hydrogens (primary N) is 1. The van der Waals surface area contributed by atoms with E-state index < -0.39 is 0 Å². The number of carbonyl (C=O) groups is 1. The van der Waals surface area contributed by atoms with Crippen molar-refractivity contribution in [2.24, 2.45) is 5.73 Å². The Morgan fingerprint density at radius 1 is 1.77 bits per heavy atom. The van der Waals surface area contributed by atoms with E-state index in [0.29, 0.717) is 24.3 Å². The van der Waals surface area contributed by atoms with Gasteiger partial charge in [0.15, 0.2) is 0 Å². The van der Waals surface area contributed by atoms with Crippen LogP contribution in [0.2, 0.25) is 0 Å². The molecule has 0 aliphatic carbocycles. The lowest BCUT2D eigenvalue weighted by Gasteiger charge is -2.36. The van der Waals surface area contributed by atoms with Gasteiger partial charge in [0.2, 0.25) is 0 Å². The predicted molar refractivity (Wildman–Crippen MR) is 45.1 cm³/mol. The van der Waals surface area contributed by atoms with E-state index in [4.69, 9.17) is 5.73 Å². The van der Waals surface area contributed by atoms with Crippen LogP contribution in [0.4, 0.5) is 0 Å². The Morgan fingerprint density at radius 3 is 2.92 bits per heavy atom. The summed E-state index contributed by atoms with van der Waals surface area (Å²) in [6.07, 6.45) is 1.38. The summed E-state index contributed by atoms with van der Waals surface area (Å²) in [6.45, 7) is 3.00. The number of hydrogen-bond donors (Lipinski definition) is 1. The van der Waals surface area contributed by atoms with Crippen LogP contribution < -0.4 is 5.73 Å². The standard InChI is InChI=1S/C8H11N3O2/c1-5-7(4-13-10-5)8(12)11-2-6(9)3-11/h4,6H,2-3,9H2,1H3. The van der Waals surface area contributed by atoms with Gasteiger partial charge < -0.3 is 15.2 Å².